The van der Waals surface area contributed by atoms with E-state index in [9.17, 15) is 20.1 Å². The lowest BCUT2D eigenvalue weighted by atomic mass is 9.88. The Bertz CT molecular complexity index is 511. The maximum atomic E-state index is 10.9. The molecular weight excluding hydrogens is 304 g/mol. The van der Waals surface area contributed by atoms with Crippen LogP contribution in [0, 0.1) is 11.8 Å². The van der Waals surface area contributed by atoms with Crippen molar-refractivity contribution in [3.05, 3.63) is 34.2 Å². The van der Waals surface area contributed by atoms with Gasteiger partial charge in [-0.15, -0.1) is 11.3 Å². The summed E-state index contributed by atoms with van der Waals surface area (Å²) in [6.07, 6.45) is 2.17. The Balaban J connectivity index is 1.91. The van der Waals surface area contributed by atoms with Crippen LogP contribution in [0.4, 0.5) is 0 Å². The second kappa shape index (κ2) is 7.76. The minimum Gasteiger partial charge on any atom is -0.512 e. The monoisotopic (exact) mass is 326 g/mol. The fraction of sp³-hybridized carbons (Fsp3) is 0.562. The smallest absolute Gasteiger partial charge is 0.303 e. The van der Waals surface area contributed by atoms with Gasteiger partial charge in [0.15, 0.2) is 0 Å². The molecule has 1 heterocycles. The summed E-state index contributed by atoms with van der Waals surface area (Å²) in [7, 11) is 0. The van der Waals surface area contributed by atoms with E-state index in [4.69, 9.17) is 5.11 Å². The molecule has 6 heteroatoms. The Labute approximate surface area is 133 Å². The van der Waals surface area contributed by atoms with Crippen molar-refractivity contribution in [3.63, 3.8) is 0 Å². The average Bonchev–Trinajstić information content (AvgIpc) is 3.03. The first kappa shape index (κ1) is 17.0. The van der Waals surface area contributed by atoms with Gasteiger partial charge in [0.25, 0.3) is 0 Å². The van der Waals surface area contributed by atoms with Crippen LogP contribution in [-0.2, 0) is 11.2 Å². The number of rotatable bonds is 7. The Kier molecular flexibility index (Phi) is 5.99. The molecule has 0 radical (unpaired) electrons. The molecule has 0 aromatic carbocycles. The summed E-state index contributed by atoms with van der Waals surface area (Å²) in [6.45, 7) is 0. The molecule has 2 rings (SSSR count). The first-order valence-corrected chi connectivity index (χ1v) is 8.36. The molecule has 0 spiro atoms. The Morgan fingerprint density at radius 2 is 2.09 bits per heavy atom. The van der Waals surface area contributed by atoms with E-state index in [1.807, 2.05) is 11.4 Å². The van der Waals surface area contributed by atoms with Crippen LogP contribution in [0.25, 0.3) is 0 Å². The summed E-state index contributed by atoms with van der Waals surface area (Å²) in [5, 5.41) is 40.9. The molecule has 0 unspecified atom stereocenters. The number of aliphatic hydroxyl groups is 3. The molecule has 1 aromatic rings. The summed E-state index contributed by atoms with van der Waals surface area (Å²) >= 11 is 1.69. The maximum Gasteiger partial charge on any atom is 0.303 e. The number of carbonyl (C=O) groups is 1. The Hall–Kier alpha value is -1.37. The van der Waals surface area contributed by atoms with E-state index in [1.54, 1.807) is 17.4 Å². The lowest BCUT2D eigenvalue weighted by Crippen LogP contribution is -2.26. The van der Waals surface area contributed by atoms with Crippen molar-refractivity contribution in [3.8, 4) is 0 Å². The topological polar surface area (TPSA) is 98.0 Å². The number of allylic oxidation sites excluding steroid dienone is 1. The lowest BCUT2D eigenvalue weighted by Gasteiger charge is -2.21. The first-order valence-electron chi connectivity index (χ1n) is 7.48. The maximum absolute atomic E-state index is 10.9. The largest absolute Gasteiger partial charge is 0.512 e. The van der Waals surface area contributed by atoms with E-state index < -0.39 is 30.0 Å². The number of thiophene rings is 1. The molecule has 1 aromatic heterocycles. The predicted octanol–water partition coefficient (Wildman–Crippen LogP) is 2.35. The number of carboxylic acid groups (broad SMARTS) is 1. The SMILES string of the molecule is O=C(O)C[C@@H]1[C@@H](C(O)=CCCCc2cccs2)[C@H](O)C[C@@H]1O. The fourth-order valence-corrected chi connectivity index (χ4v) is 3.84. The quantitative estimate of drug-likeness (QED) is 0.455. The number of aliphatic carboxylic acids is 1. The zero-order valence-corrected chi connectivity index (χ0v) is 13.1. The number of unbranched alkanes of at least 4 members (excludes halogenated alkanes) is 1. The number of carboxylic acids is 1. The van der Waals surface area contributed by atoms with Gasteiger partial charge in [0, 0.05) is 23.1 Å². The minimum absolute atomic E-state index is 0.00137. The molecule has 4 N–H and O–H groups in total. The van der Waals surface area contributed by atoms with Crippen molar-refractivity contribution < 1.29 is 25.2 Å². The number of aryl methyl sites for hydroxylation is 1. The molecule has 1 saturated carbocycles. The first-order chi connectivity index (χ1) is 10.5. The summed E-state index contributed by atoms with van der Waals surface area (Å²) in [5.41, 5.74) is 0. The van der Waals surface area contributed by atoms with Crippen molar-refractivity contribution in [2.45, 2.75) is 44.3 Å². The van der Waals surface area contributed by atoms with Crippen molar-refractivity contribution in [1.82, 2.24) is 0 Å². The molecule has 5 nitrogen and oxygen atoms in total. The van der Waals surface area contributed by atoms with E-state index in [0.29, 0.717) is 6.42 Å². The molecule has 22 heavy (non-hydrogen) atoms. The van der Waals surface area contributed by atoms with Crippen LogP contribution in [0.3, 0.4) is 0 Å². The van der Waals surface area contributed by atoms with Gasteiger partial charge in [-0.05, 0) is 36.8 Å². The van der Waals surface area contributed by atoms with Gasteiger partial charge in [-0.3, -0.25) is 4.79 Å². The number of hydrogen-bond donors (Lipinski definition) is 4. The van der Waals surface area contributed by atoms with Gasteiger partial charge < -0.3 is 20.4 Å². The molecule has 0 amide bonds. The second-order valence-electron chi connectivity index (χ2n) is 5.76. The highest BCUT2D eigenvalue weighted by Crippen LogP contribution is 2.38. The van der Waals surface area contributed by atoms with Gasteiger partial charge in [-0.1, -0.05) is 6.07 Å². The molecule has 122 valence electrons. The number of aliphatic hydroxyl groups excluding tert-OH is 3. The van der Waals surface area contributed by atoms with Crippen LogP contribution in [0.2, 0.25) is 0 Å². The molecule has 1 aliphatic rings. The number of hydrogen-bond acceptors (Lipinski definition) is 5. The molecule has 1 aliphatic carbocycles. The summed E-state index contributed by atoms with van der Waals surface area (Å²) < 4.78 is 0. The fourth-order valence-electron chi connectivity index (χ4n) is 3.09. The standard InChI is InChI=1S/C16H22O5S/c17-12(6-2-1-4-10-5-3-7-22-10)16-11(8-15(20)21)13(18)9-14(16)19/h3,5-7,11,13-14,16-19H,1-2,4,8-9H2,(H,20,21)/t11-,13-,14+,16-/m0/s1. The highest BCUT2D eigenvalue weighted by Gasteiger charge is 2.44. The van der Waals surface area contributed by atoms with E-state index in [-0.39, 0.29) is 18.6 Å². The van der Waals surface area contributed by atoms with Crippen LogP contribution < -0.4 is 0 Å². The normalized spacial score (nSPS) is 28.9. The van der Waals surface area contributed by atoms with E-state index >= 15 is 0 Å². The molecule has 4 atom stereocenters. The zero-order chi connectivity index (χ0) is 16.1. The highest BCUT2D eigenvalue weighted by molar-refractivity contribution is 7.09. The predicted molar refractivity (Wildman–Crippen MR) is 83.8 cm³/mol. The molecule has 0 saturated heterocycles. The second-order valence-corrected chi connectivity index (χ2v) is 6.79. The third kappa shape index (κ3) is 4.32. The van der Waals surface area contributed by atoms with Gasteiger partial charge in [0.05, 0.1) is 24.4 Å². The Morgan fingerprint density at radius 1 is 1.32 bits per heavy atom. The Morgan fingerprint density at radius 3 is 2.73 bits per heavy atom. The van der Waals surface area contributed by atoms with Crippen molar-refractivity contribution in [1.29, 1.82) is 0 Å². The molecular formula is C16H22O5S. The average molecular weight is 326 g/mol. The molecule has 1 fully saturated rings. The zero-order valence-electron chi connectivity index (χ0n) is 12.3. The van der Waals surface area contributed by atoms with E-state index in [2.05, 4.69) is 6.07 Å². The van der Waals surface area contributed by atoms with Crippen molar-refractivity contribution in [2.24, 2.45) is 11.8 Å². The summed E-state index contributed by atoms with van der Waals surface area (Å²) in [5.74, 6) is -2.36. The summed E-state index contributed by atoms with van der Waals surface area (Å²) in [6, 6.07) is 4.06. The van der Waals surface area contributed by atoms with Crippen LogP contribution >= 0.6 is 11.3 Å². The van der Waals surface area contributed by atoms with E-state index in [0.717, 1.165) is 12.8 Å². The lowest BCUT2D eigenvalue weighted by molar-refractivity contribution is -0.139. The van der Waals surface area contributed by atoms with Crippen molar-refractivity contribution >= 4 is 17.3 Å². The summed E-state index contributed by atoms with van der Waals surface area (Å²) in [4.78, 5) is 12.2. The highest BCUT2D eigenvalue weighted by atomic mass is 32.1. The minimum atomic E-state index is -1.03. The van der Waals surface area contributed by atoms with Gasteiger partial charge >= 0.3 is 5.97 Å². The molecule has 0 bridgehead atoms. The van der Waals surface area contributed by atoms with Gasteiger partial charge in [-0.25, -0.2) is 0 Å². The van der Waals surface area contributed by atoms with Crippen LogP contribution in [0.5, 0.6) is 0 Å². The van der Waals surface area contributed by atoms with Crippen LogP contribution in [0.1, 0.15) is 30.6 Å². The van der Waals surface area contributed by atoms with Crippen LogP contribution in [-0.4, -0.2) is 38.6 Å². The van der Waals surface area contributed by atoms with Crippen LogP contribution in [0.15, 0.2) is 29.3 Å². The third-order valence-corrected chi connectivity index (χ3v) is 5.10. The van der Waals surface area contributed by atoms with Crippen molar-refractivity contribution in [2.75, 3.05) is 0 Å². The van der Waals surface area contributed by atoms with Gasteiger partial charge in [0.2, 0.25) is 0 Å². The van der Waals surface area contributed by atoms with Gasteiger partial charge in [-0.2, -0.15) is 0 Å². The third-order valence-electron chi connectivity index (χ3n) is 4.17. The van der Waals surface area contributed by atoms with Gasteiger partial charge in [0.1, 0.15) is 0 Å². The van der Waals surface area contributed by atoms with E-state index in [1.165, 1.54) is 4.88 Å². The molecule has 0 aliphatic heterocycles.